The average molecular weight is 1410 g/mol. The number of unbranched alkanes of at least 4 members (excludes halogenated alkanes) is 1. The van der Waals surface area contributed by atoms with Gasteiger partial charge in [0.1, 0.15) is 40.1 Å². The number of aromatic nitrogens is 10. The summed E-state index contributed by atoms with van der Waals surface area (Å²) in [5, 5.41) is 16.4. The molecule has 8 heterocycles. The first-order chi connectivity index (χ1) is 48.9. The third-order valence-corrected chi connectivity index (χ3v) is 17.2. The van der Waals surface area contributed by atoms with Crippen LogP contribution in [0.2, 0.25) is 0 Å². The molecule has 8 aromatic rings. The first-order valence-electron chi connectivity index (χ1n) is 34.0. The van der Waals surface area contributed by atoms with Crippen molar-refractivity contribution in [1.82, 2.24) is 62.0 Å². The topological polar surface area (TPSA) is 363 Å². The summed E-state index contributed by atoms with van der Waals surface area (Å²) >= 11 is 0. The van der Waals surface area contributed by atoms with Crippen LogP contribution < -0.4 is 31.9 Å². The Morgan fingerprint density at radius 1 is 0.350 bits per heavy atom. The molecule has 0 aliphatic carbocycles. The van der Waals surface area contributed by atoms with Gasteiger partial charge in [-0.15, -0.1) is 0 Å². The highest BCUT2D eigenvalue weighted by Gasteiger charge is 2.25. The standard InChI is InChI=1S/C73H91N17O13/c1-45(91)76-49-32-61(87(8)39-49)72(102)80-52-35-60(86(7)42-52)71(101)75-25-23-67(99)77-50-33-62(88(9)40-50)73(103)81-51-34-59(85(6)41-51)70(100)74-24-16-20-56(94)31-48-43-90(11)69(78-48)66(98)36-53-44-89(10)68(79-53)64(96)22-15-19-55(93)27-46-28-58(84(5)37-46)65(97)30-47-29-57(83(4)38-47)63(95)21-14-18-54(92)17-12-13-26-82(2)3/h28-29,32-35,37-44H,12-27,30-31,36H2,1-11H3,(H,74,100)(H,75,101)(H,76,91)(H,77,99)(H,80,102)(H,81,103). The van der Waals surface area contributed by atoms with E-state index in [0.717, 1.165) is 19.4 Å². The average Bonchev–Trinajstić information content (AvgIpc) is 1.68. The zero-order chi connectivity index (χ0) is 74.9. The molecule has 0 unspecified atom stereocenters. The lowest BCUT2D eigenvalue weighted by Crippen LogP contribution is -2.28. The van der Waals surface area contributed by atoms with Crippen LogP contribution in [0.15, 0.2) is 86.0 Å². The number of ketones is 7. The molecule has 0 fully saturated rings. The van der Waals surface area contributed by atoms with Crippen molar-refractivity contribution in [2.24, 2.45) is 56.4 Å². The van der Waals surface area contributed by atoms with E-state index in [1.165, 1.54) is 54.0 Å². The predicted octanol–water partition coefficient (Wildman–Crippen LogP) is 6.40. The van der Waals surface area contributed by atoms with Gasteiger partial charge in [-0.25, -0.2) is 9.97 Å². The van der Waals surface area contributed by atoms with E-state index in [1.54, 1.807) is 132 Å². The number of amides is 6. The van der Waals surface area contributed by atoms with Gasteiger partial charge in [0, 0.05) is 184 Å². The maximum Gasteiger partial charge on any atom is 0.272 e. The van der Waals surface area contributed by atoms with Crippen LogP contribution in [0.25, 0.3) is 0 Å². The van der Waals surface area contributed by atoms with E-state index in [-0.39, 0.29) is 158 Å². The number of carbonyl (C=O) groups excluding carboxylic acids is 13. The number of rotatable bonds is 40. The number of anilines is 4. The fourth-order valence-electron chi connectivity index (χ4n) is 12.1. The van der Waals surface area contributed by atoms with Crippen molar-refractivity contribution >= 4 is 98.7 Å². The number of carbonyl (C=O) groups is 13. The molecular formula is C73H91N17O13. The van der Waals surface area contributed by atoms with E-state index in [9.17, 15) is 62.3 Å². The van der Waals surface area contributed by atoms with E-state index < -0.39 is 29.5 Å². The van der Waals surface area contributed by atoms with Gasteiger partial charge < -0.3 is 73.3 Å². The van der Waals surface area contributed by atoms with E-state index in [0.29, 0.717) is 82.3 Å². The Hall–Kier alpha value is -11.4. The van der Waals surface area contributed by atoms with E-state index in [2.05, 4.69) is 46.8 Å². The Morgan fingerprint density at radius 2 is 0.767 bits per heavy atom. The van der Waals surface area contributed by atoms with Gasteiger partial charge in [0.05, 0.1) is 58.4 Å². The molecule has 0 aromatic carbocycles. The Kier molecular flexibility index (Phi) is 26.5. The van der Waals surface area contributed by atoms with E-state index in [4.69, 9.17) is 0 Å². The number of hydrogen-bond acceptors (Lipinski definition) is 16. The van der Waals surface area contributed by atoms with Gasteiger partial charge in [0.15, 0.2) is 29.0 Å². The molecule has 546 valence electrons. The van der Waals surface area contributed by atoms with Gasteiger partial charge in [0.2, 0.25) is 17.6 Å². The number of hydrogen-bond donors (Lipinski definition) is 6. The number of nitrogens with one attached hydrogen (secondary N) is 6. The van der Waals surface area contributed by atoms with Crippen molar-refractivity contribution in [3.8, 4) is 0 Å². The van der Waals surface area contributed by atoms with Crippen LogP contribution in [-0.4, -0.2) is 161 Å². The van der Waals surface area contributed by atoms with Crippen molar-refractivity contribution in [2.45, 2.75) is 110 Å². The summed E-state index contributed by atoms with van der Waals surface area (Å²) in [6, 6.07) is 9.40. The summed E-state index contributed by atoms with van der Waals surface area (Å²) in [4.78, 5) is 180. The molecule has 0 radical (unpaired) electrons. The molecule has 6 N–H and O–H groups in total. The molecule has 8 aromatic heterocycles. The second kappa shape index (κ2) is 35.3. The molecule has 0 saturated heterocycles. The van der Waals surface area contributed by atoms with Crippen LogP contribution in [0.1, 0.15) is 191 Å². The van der Waals surface area contributed by atoms with Gasteiger partial charge in [-0.2, -0.15) is 0 Å². The van der Waals surface area contributed by atoms with Gasteiger partial charge in [-0.1, -0.05) is 0 Å². The summed E-state index contributed by atoms with van der Waals surface area (Å²) in [5.41, 5.74) is 5.35. The smallest absolute Gasteiger partial charge is 0.272 e. The number of Topliss-reactive ketones (excluding diaryl/α,β-unsaturated/α-hetero) is 7. The van der Waals surface area contributed by atoms with Gasteiger partial charge >= 0.3 is 0 Å². The lowest BCUT2D eigenvalue weighted by molar-refractivity contribution is -0.119. The lowest BCUT2D eigenvalue weighted by atomic mass is 10.0. The zero-order valence-corrected chi connectivity index (χ0v) is 60.2. The maximum absolute atomic E-state index is 13.5. The first-order valence-corrected chi connectivity index (χ1v) is 34.0. The zero-order valence-electron chi connectivity index (χ0n) is 60.2. The van der Waals surface area contributed by atoms with Crippen LogP contribution >= 0.6 is 0 Å². The van der Waals surface area contributed by atoms with Crippen molar-refractivity contribution in [1.29, 1.82) is 0 Å². The third-order valence-electron chi connectivity index (χ3n) is 17.2. The molecule has 0 bridgehead atoms. The molecule has 30 nitrogen and oxygen atoms in total. The van der Waals surface area contributed by atoms with Gasteiger partial charge in [-0.05, 0) is 100 Å². The summed E-state index contributed by atoms with van der Waals surface area (Å²) in [5.74, 6) is -3.46. The van der Waals surface area contributed by atoms with Crippen LogP contribution in [-0.2, 0) is 106 Å². The molecule has 0 spiro atoms. The molecule has 8 rings (SSSR count). The fraction of sp³-hybridized carbons (Fsp3) is 0.411. The molecule has 6 amide bonds. The molecular weight excluding hydrogens is 1320 g/mol. The quantitative estimate of drug-likeness (QED) is 0.0179. The molecule has 103 heavy (non-hydrogen) atoms. The highest BCUT2D eigenvalue weighted by Crippen LogP contribution is 2.23. The van der Waals surface area contributed by atoms with Crippen LogP contribution in [0.3, 0.4) is 0 Å². The number of aryl methyl sites for hydroxylation is 8. The third kappa shape index (κ3) is 21.8. The maximum atomic E-state index is 13.5. The monoisotopic (exact) mass is 1410 g/mol. The van der Waals surface area contributed by atoms with Crippen LogP contribution in [0.4, 0.5) is 22.7 Å². The van der Waals surface area contributed by atoms with Gasteiger partial charge in [0.25, 0.3) is 23.6 Å². The lowest BCUT2D eigenvalue weighted by Gasteiger charge is -2.08. The van der Waals surface area contributed by atoms with E-state index in [1.807, 2.05) is 14.1 Å². The van der Waals surface area contributed by atoms with Gasteiger partial charge in [-0.3, -0.25) is 62.3 Å². The molecule has 30 heteroatoms. The SMILES string of the molecule is CC(=O)Nc1cc(C(=O)Nc2cc(C(=O)NCCC(=O)Nc3cc(C(=O)Nc4cc(C(=O)NCCCC(=O)Cc5cn(C)c(C(=O)Cc6cn(C)c(C(=O)CCCC(=O)Cc7cc(C(=O)Cc8cc(C(=O)CCCC(=O)CCCCN(C)C)n(C)c8)n(C)c7)n6)n5)n(C)c4)n(C)c3)n(C)c2)n(C)c1. The van der Waals surface area contributed by atoms with Crippen LogP contribution in [0, 0.1) is 0 Å². The second-order valence-electron chi connectivity index (χ2n) is 26.4. The molecule has 0 saturated carbocycles. The highest BCUT2D eigenvalue weighted by atomic mass is 16.2. The molecule has 0 aliphatic heterocycles. The number of imidazole rings is 2. The largest absolute Gasteiger partial charge is 0.351 e. The number of nitrogens with zero attached hydrogens (tertiary/aromatic N) is 11. The Labute approximate surface area is 595 Å². The minimum atomic E-state index is -0.523. The Bertz CT molecular complexity index is 4550. The fourth-order valence-corrected chi connectivity index (χ4v) is 12.1. The van der Waals surface area contributed by atoms with Crippen molar-refractivity contribution in [3.63, 3.8) is 0 Å². The highest BCUT2D eigenvalue weighted by molar-refractivity contribution is 6.07. The van der Waals surface area contributed by atoms with Crippen molar-refractivity contribution < 1.29 is 62.3 Å². The Balaban J connectivity index is 0.700. The first kappa shape index (κ1) is 77.3. The minimum absolute atomic E-state index is 0.0244. The van der Waals surface area contributed by atoms with E-state index >= 15 is 0 Å². The summed E-state index contributed by atoms with van der Waals surface area (Å²) in [6.45, 7) is 2.42. The minimum Gasteiger partial charge on any atom is -0.351 e. The summed E-state index contributed by atoms with van der Waals surface area (Å²) in [6.07, 6.45) is 16.9. The normalized spacial score (nSPS) is 11.2. The molecule has 0 aliphatic rings. The predicted molar refractivity (Wildman–Crippen MR) is 384 cm³/mol. The summed E-state index contributed by atoms with van der Waals surface area (Å²) in [7, 11) is 17.3. The van der Waals surface area contributed by atoms with Crippen molar-refractivity contribution in [2.75, 3.05) is 55.0 Å². The Morgan fingerprint density at radius 3 is 1.30 bits per heavy atom. The van der Waals surface area contributed by atoms with Crippen molar-refractivity contribution in [3.05, 3.63) is 154 Å². The molecule has 0 atom stereocenters. The summed E-state index contributed by atoms with van der Waals surface area (Å²) < 4.78 is 12.6. The second-order valence-corrected chi connectivity index (χ2v) is 26.4. The van der Waals surface area contributed by atoms with Crippen LogP contribution in [0.5, 0.6) is 0 Å².